The Morgan fingerprint density at radius 2 is 1.68 bits per heavy atom. The predicted octanol–water partition coefficient (Wildman–Crippen LogP) is 0.813. The largest absolute Gasteiger partial charge is 0.445 e. The lowest BCUT2D eigenvalue weighted by atomic mass is 10.4. The molecule has 1 aromatic carbocycles. The molecule has 0 atom stereocenters. The van der Waals surface area contributed by atoms with Crippen molar-refractivity contribution in [3.8, 4) is 0 Å². The lowest BCUT2D eigenvalue weighted by Gasteiger charge is -2.04. The average molecular weight is 351 g/mol. The van der Waals surface area contributed by atoms with E-state index in [4.69, 9.17) is 0 Å². The summed E-state index contributed by atoms with van der Waals surface area (Å²) in [7, 11) is -7.43. The molecule has 0 aliphatic carbocycles. The molecule has 0 radical (unpaired) electrons. The molecule has 1 amide bonds. The Kier molecular flexibility index (Phi) is 5.66. The summed E-state index contributed by atoms with van der Waals surface area (Å²) >= 11 is 0. The van der Waals surface area contributed by atoms with E-state index in [9.17, 15) is 26.0 Å². The standard InChI is InChI=1S/C12H14FNO6S2/c1-21(16,17)10-2-4-11(5-3-10)22(18,19)8-9(13)6-7-20-12(14)15/h2-6H,7-8H2,1H3,(H2,14,15)/b9-6-. The van der Waals surface area contributed by atoms with Gasteiger partial charge in [0.2, 0.25) is 0 Å². The summed E-state index contributed by atoms with van der Waals surface area (Å²) in [6.07, 6.45) is 0.647. The van der Waals surface area contributed by atoms with E-state index in [1.807, 2.05) is 0 Å². The van der Waals surface area contributed by atoms with Crippen molar-refractivity contribution in [2.24, 2.45) is 5.73 Å². The van der Waals surface area contributed by atoms with Crippen LogP contribution in [0, 0.1) is 0 Å². The van der Waals surface area contributed by atoms with Gasteiger partial charge in [-0.25, -0.2) is 26.0 Å². The molecule has 7 nitrogen and oxygen atoms in total. The Morgan fingerprint density at radius 1 is 1.18 bits per heavy atom. The first kappa shape index (κ1) is 18.1. The van der Waals surface area contributed by atoms with E-state index < -0.39 is 44.0 Å². The van der Waals surface area contributed by atoms with Crippen molar-refractivity contribution in [3.05, 3.63) is 36.2 Å². The van der Waals surface area contributed by atoms with Crippen molar-refractivity contribution in [1.29, 1.82) is 0 Å². The van der Waals surface area contributed by atoms with Crippen LogP contribution in [0.25, 0.3) is 0 Å². The van der Waals surface area contributed by atoms with Crippen LogP contribution in [-0.4, -0.2) is 41.5 Å². The normalized spacial score (nSPS) is 12.9. The summed E-state index contributed by atoms with van der Waals surface area (Å²) in [6, 6.07) is 4.41. The van der Waals surface area contributed by atoms with E-state index in [1.54, 1.807) is 0 Å². The fourth-order valence-electron chi connectivity index (χ4n) is 1.43. The van der Waals surface area contributed by atoms with E-state index in [0.29, 0.717) is 0 Å². The smallest absolute Gasteiger partial charge is 0.404 e. The van der Waals surface area contributed by atoms with Gasteiger partial charge in [-0.15, -0.1) is 0 Å². The lowest BCUT2D eigenvalue weighted by Crippen LogP contribution is -2.13. The first-order valence-electron chi connectivity index (χ1n) is 5.82. The highest BCUT2D eigenvalue weighted by molar-refractivity contribution is 7.91. The second-order valence-electron chi connectivity index (χ2n) is 4.28. The number of carbonyl (C=O) groups is 1. The molecule has 10 heteroatoms. The summed E-state index contributed by atoms with van der Waals surface area (Å²) in [5.41, 5.74) is 4.67. The number of carbonyl (C=O) groups excluding carboxylic acids is 1. The van der Waals surface area contributed by atoms with E-state index in [2.05, 4.69) is 10.5 Å². The Bertz CT molecular complexity index is 781. The Hall–Kier alpha value is -1.94. The van der Waals surface area contributed by atoms with Crippen molar-refractivity contribution in [3.63, 3.8) is 0 Å². The summed E-state index contributed by atoms with van der Waals surface area (Å²) < 4.78 is 64.1. The fraction of sp³-hybridized carbons (Fsp3) is 0.250. The molecule has 0 aromatic heterocycles. The third-order valence-corrected chi connectivity index (χ3v) is 5.24. The molecular formula is C12H14FNO6S2. The zero-order valence-electron chi connectivity index (χ0n) is 11.5. The minimum absolute atomic E-state index is 0.0441. The van der Waals surface area contributed by atoms with Crippen LogP contribution < -0.4 is 5.73 Å². The number of primary amides is 1. The molecular weight excluding hydrogens is 337 g/mol. The zero-order valence-corrected chi connectivity index (χ0v) is 13.2. The summed E-state index contributed by atoms with van der Waals surface area (Å²) in [4.78, 5) is 10.0. The highest BCUT2D eigenvalue weighted by Crippen LogP contribution is 2.17. The SMILES string of the molecule is CS(=O)(=O)c1ccc(S(=O)(=O)C/C(F)=C/COC(N)=O)cc1. The van der Waals surface area contributed by atoms with E-state index in [-0.39, 0.29) is 9.79 Å². The molecule has 0 heterocycles. The van der Waals surface area contributed by atoms with Gasteiger partial charge >= 0.3 is 6.09 Å². The molecule has 0 aliphatic rings. The first-order valence-corrected chi connectivity index (χ1v) is 9.36. The number of benzene rings is 1. The van der Waals surface area contributed by atoms with Crippen molar-refractivity contribution in [1.82, 2.24) is 0 Å². The molecule has 1 rings (SSSR count). The van der Waals surface area contributed by atoms with Crippen molar-refractivity contribution in [2.45, 2.75) is 9.79 Å². The predicted molar refractivity (Wildman–Crippen MR) is 76.3 cm³/mol. The second-order valence-corrected chi connectivity index (χ2v) is 8.29. The van der Waals surface area contributed by atoms with Crippen LogP contribution in [0.15, 0.2) is 46.0 Å². The number of amides is 1. The summed E-state index contributed by atoms with van der Waals surface area (Å²) in [5.74, 6) is -1.96. The minimum Gasteiger partial charge on any atom is -0.445 e. The first-order chi connectivity index (χ1) is 10.0. The van der Waals surface area contributed by atoms with E-state index >= 15 is 0 Å². The number of ether oxygens (including phenoxy) is 1. The Morgan fingerprint density at radius 3 is 2.14 bits per heavy atom. The highest BCUT2D eigenvalue weighted by Gasteiger charge is 2.18. The minimum atomic E-state index is -3.98. The van der Waals surface area contributed by atoms with Gasteiger partial charge in [-0.3, -0.25) is 0 Å². The maximum Gasteiger partial charge on any atom is 0.404 e. The van der Waals surface area contributed by atoms with Crippen molar-refractivity contribution in [2.75, 3.05) is 18.6 Å². The molecule has 0 spiro atoms. The Balaban J connectivity index is 2.89. The number of hydrogen-bond donors (Lipinski definition) is 1. The number of sulfone groups is 2. The van der Waals surface area contributed by atoms with Crippen LogP contribution in [0.4, 0.5) is 9.18 Å². The van der Waals surface area contributed by atoms with Crippen LogP contribution in [0.5, 0.6) is 0 Å². The average Bonchev–Trinajstić information content (AvgIpc) is 2.36. The molecule has 122 valence electrons. The lowest BCUT2D eigenvalue weighted by molar-refractivity contribution is 0.169. The van der Waals surface area contributed by atoms with E-state index in [1.165, 1.54) is 0 Å². The molecule has 0 saturated carbocycles. The van der Waals surface area contributed by atoms with Gasteiger partial charge in [0, 0.05) is 6.26 Å². The monoisotopic (exact) mass is 351 g/mol. The molecule has 0 bridgehead atoms. The number of hydrogen-bond acceptors (Lipinski definition) is 6. The summed E-state index contributed by atoms with van der Waals surface area (Å²) in [6.45, 7) is -0.482. The highest BCUT2D eigenvalue weighted by atomic mass is 32.2. The maximum absolute atomic E-state index is 13.5. The topological polar surface area (TPSA) is 121 Å². The molecule has 2 N–H and O–H groups in total. The van der Waals surface area contributed by atoms with Crippen LogP contribution in [0.1, 0.15) is 0 Å². The van der Waals surface area contributed by atoms with Gasteiger partial charge in [0.1, 0.15) is 18.2 Å². The van der Waals surface area contributed by atoms with Gasteiger partial charge in [-0.05, 0) is 30.3 Å². The Labute approximate surface area is 127 Å². The van der Waals surface area contributed by atoms with Crippen molar-refractivity contribution >= 4 is 25.8 Å². The number of rotatable bonds is 6. The number of halogens is 1. The van der Waals surface area contributed by atoms with Gasteiger partial charge in [-0.1, -0.05) is 0 Å². The third kappa shape index (κ3) is 5.45. The van der Waals surface area contributed by atoms with Gasteiger partial charge in [0.05, 0.1) is 9.79 Å². The molecule has 0 saturated heterocycles. The molecule has 0 fully saturated rings. The van der Waals surface area contributed by atoms with Crippen LogP contribution in [0.2, 0.25) is 0 Å². The van der Waals surface area contributed by atoms with Gasteiger partial charge < -0.3 is 10.5 Å². The van der Waals surface area contributed by atoms with Crippen LogP contribution in [0.3, 0.4) is 0 Å². The number of nitrogens with two attached hydrogens (primary N) is 1. The van der Waals surface area contributed by atoms with Gasteiger partial charge in [-0.2, -0.15) is 0 Å². The summed E-state index contributed by atoms with van der Waals surface area (Å²) in [5, 5.41) is 0. The van der Waals surface area contributed by atoms with Crippen molar-refractivity contribution < 1.29 is 30.8 Å². The fourth-order valence-corrected chi connectivity index (χ4v) is 3.26. The molecule has 22 heavy (non-hydrogen) atoms. The second kappa shape index (κ2) is 6.88. The molecule has 1 aromatic rings. The maximum atomic E-state index is 13.5. The molecule has 0 unspecified atom stereocenters. The van der Waals surface area contributed by atoms with Crippen LogP contribution >= 0.6 is 0 Å². The zero-order chi connectivity index (χ0) is 17.0. The third-order valence-electron chi connectivity index (χ3n) is 2.47. The van der Waals surface area contributed by atoms with Gasteiger partial charge in [0.25, 0.3) is 0 Å². The molecule has 0 aliphatic heterocycles. The van der Waals surface area contributed by atoms with Gasteiger partial charge in [0.15, 0.2) is 19.7 Å². The quantitative estimate of drug-likeness (QED) is 0.810. The van der Waals surface area contributed by atoms with Crippen LogP contribution in [-0.2, 0) is 24.4 Å². The van der Waals surface area contributed by atoms with E-state index in [0.717, 1.165) is 36.6 Å².